The highest BCUT2D eigenvalue weighted by atomic mass is 32.2. The lowest BCUT2D eigenvalue weighted by Crippen LogP contribution is -2.31. The molecule has 0 bridgehead atoms. The molecule has 0 saturated carbocycles. The van der Waals surface area contributed by atoms with Crippen LogP contribution in [0.25, 0.3) is 0 Å². The molecule has 0 aromatic carbocycles. The highest BCUT2D eigenvalue weighted by Crippen LogP contribution is 2.14. The minimum absolute atomic E-state index is 0.0475. The average molecular weight is 234 g/mol. The number of carbonyl (C=O) groups is 1. The van der Waals surface area contributed by atoms with Gasteiger partial charge in [-0.15, -0.1) is 11.3 Å². The van der Waals surface area contributed by atoms with Crippen LogP contribution in [-0.2, 0) is 21.1 Å². The molecule has 1 aromatic rings. The summed E-state index contributed by atoms with van der Waals surface area (Å²) >= 11 is 1.36. The van der Waals surface area contributed by atoms with Crippen molar-refractivity contribution in [3.05, 3.63) is 22.4 Å². The molecule has 1 atom stereocenters. The quantitative estimate of drug-likeness (QED) is 0.836. The van der Waals surface area contributed by atoms with Crippen molar-refractivity contribution in [1.29, 1.82) is 0 Å². The van der Waals surface area contributed by atoms with Crippen LogP contribution in [0.4, 0.5) is 0 Å². The summed E-state index contributed by atoms with van der Waals surface area (Å²) in [6.45, 7) is 0. The Morgan fingerprint density at radius 2 is 2.29 bits per heavy atom. The molecule has 1 aromatic heterocycles. The zero-order valence-corrected chi connectivity index (χ0v) is 9.14. The van der Waals surface area contributed by atoms with Gasteiger partial charge in [-0.1, -0.05) is 6.07 Å². The Hall–Kier alpha value is -0.880. The van der Waals surface area contributed by atoms with Gasteiger partial charge in [0.2, 0.25) is 0 Å². The Morgan fingerprint density at radius 3 is 2.64 bits per heavy atom. The average Bonchev–Trinajstić information content (AvgIpc) is 2.48. The highest BCUT2D eigenvalue weighted by molar-refractivity contribution is 7.92. The lowest BCUT2D eigenvalue weighted by atomic mass is 10.2. The third-order valence-corrected chi connectivity index (χ3v) is 4.06. The minimum Gasteiger partial charge on any atom is -0.480 e. The Bertz CT molecular complexity index is 405. The van der Waals surface area contributed by atoms with Gasteiger partial charge in [0.25, 0.3) is 0 Å². The van der Waals surface area contributed by atoms with Crippen LogP contribution in [0.1, 0.15) is 4.88 Å². The number of carboxylic acids is 1. The molecule has 0 amide bonds. The van der Waals surface area contributed by atoms with Gasteiger partial charge in [-0.2, -0.15) is 0 Å². The molecule has 0 radical (unpaired) electrons. The lowest BCUT2D eigenvalue weighted by molar-refractivity contribution is -0.136. The van der Waals surface area contributed by atoms with E-state index in [9.17, 15) is 13.2 Å². The predicted octanol–water partition coefficient (Wildman–Crippen LogP) is 0.788. The minimum atomic E-state index is -3.53. The lowest BCUT2D eigenvalue weighted by Gasteiger charge is -2.07. The first kappa shape index (κ1) is 11.2. The van der Waals surface area contributed by atoms with Crippen LogP contribution >= 0.6 is 11.3 Å². The molecule has 0 saturated heterocycles. The van der Waals surface area contributed by atoms with Crippen molar-refractivity contribution in [3.63, 3.8) is 0 Å². The molecule has 0 fully saturated rings. The SMILES string of the molecule is CS(=O)(=O)C(Cc1cccs1)C(=O)O. The second kappa shape index (κ2) is 4.10. The summed E-state index contributed by atoms with van der Waals surface area (Å²) in [6, 6.07) is 3.49. The van der Waals surface area contributed by atoms with Crippen LogP contribution in [0.15, 0.2) is 17.5 Å². The predicted molar refractivity (Wildman–Crippen MR) is 54.3 cm³/mol. The van der Waals surface area contributed by atoms with Crippen molar-refractivity contribution in [3.8, 4) is 0 Å². The van der Waals surface area contributed by atoms with Crippen molar-refractivity contribution < 1.29 is 18.3 Å². The van der Waals surface area contributed by atoms with Gasteiger partial charge in [-0.05, 0) is 11.4 Å². The van der Waals surface area contributed by atoms with Gasteiger partial charge in [0.15, 0.2) is 15.1 Å². The summed E-state index contributed by atoms with van der Waals surface area (Å²) in [5.74, 6) is -1.29. The van der Waals surface area contributed by atoms with Crippen LogP contribution in [0.3, 0.4) is 0 Å². The number of thiophene rings is 1. The topological polar surface area (TPSA) is 71.4 Å². The zero-order chi connectivity index (χ0) is 10.8. The van der Waals surface area contributed by atoms with Crippen LogP contribution in [0.2, 0.25) is 0 Å². The van der Waals surface area contributed by atoms with E-state index in [1.807, 2.05) is 0 Å². The Balaban J connectivity index is 2.87. The van der Waals surface area contributed by atoms with E-state index in [2.05, 4.69) is 0 Å². The molecule has 4 nitrogen and oxygen atoms in total. The first-order valence-electron chi connectivity index (χ1n) is 3.85. The van der Waals surface area contributed by atoms with Crippen LogP contribution in [-0.4, -0.2) is 31.0 Å². The maximum Gasteiger partial charge on any atom is 0.322 e. The fourth-order valence-electron chi connectivity index (χ4n) is 1.03. The monoisotopic (exact) mass is 234 g/mol. The molecule has 1 N–H and O–H groups in total. The van der Waals surface area contributed by atoms with Crippen LogP contribution in [0.5, 0.6) is 0 Å². The van der Waals surface area contributed by atoms with E-state index in [-0.39, 0.29) is 6.42 Å². The van der Waals surface area contributed by atoms with Gasteiger partial charge in [-0.25, -0.2) is 8.42 Å². The van der Waals surface area contributed by atoms with E-state index < -0.39 is 21.1 Å². The second-order valence-electron chi connectivity index (χ2n) is 2.94. The summed E-state index contributed by atoms with van der Waals surface area (Å²) in [5, 5.41) is 9.19. The standard InChI is InChI=1S/C8H10O4S2/c1-14(11,12)7(8(9)10)5-6-3-2-4-13-6/h2-4,7H,5H2,1H3,(H,9,10). The van der Waals surface area contributed by atoms with E-state index in [0.717, 1.165) is 11.1 Å². The molecule has 0 aliphatic carbocycles. The van der Waals surface area contributed by atoms with E-state index >= 15 is 0 Å². The molecule has 0 spiro atoms. The molecule has 6 heteroatoms. The largest absolute Gasteiger partial charge is 0.480 e. The summed E-state index contributed by atoms with van der Waals surface area (Å²) < 4.78 is 22.2. The molecular formula is C8H10O4S2. The van der Waals surface area contributed by atoms with Gasteiger partial charge in [0.05, 0.1) is 0 Å². The smallest absolute Gasteiger partial charge is 0.322 e. The van der Waals surface area contributed by atoms with Crippen molar-refractivity contribution in [2.24, 2.45) is 0 Å². The molecule has 0 aliphatic rings. The molecule has 14 heavy (non-hydrogen) atoms. The highest BCUT2D eigenvalue weighted by Gasteiger charge is 2.28. The van der Waals surface area contributed by atoms with Gasteiger partial charge >= 0.3 is 5.97 Å². The van der Waals surface area contributed by atoms with Crippen molar-refractivity contribution >= 4 is 27.1 Å². The number of hydrogen-bond acceptors (Lipinski definition) is 4. The Kier molecular flexibility index (Phi) is 3.28. The number of aliphatic carboxylic acids is 1. The maximum atomic E-state index is 11.1. The van der Waals surface area contributed by atoms with Crippen molar-refractivity contribution in [2.75, 3.05) is 6.26 Å². The van der Waals surface area contributed by atoms with E-state index in [1.54, 1.807) is 17.5 Å². The van der Waals surface area contributed by atoms with E-state index in [1.165, 1.54) is 11.3 Å². The molecule has 1 unspecified atom stereocenters. The van der Waals surface area contributed by atoms with Crippen LogP contribution in [0, 0.1) is 0 Å². The van der Waals surface area contributed by atoms with Gasteiger partial charge < -0.3 is 5.11 Å². The number of hydrogen-bond donors (Lipinski definition) is 1. The molecule has 0 aliphatic heterocycles. The van der Waals surface area contributed by atoms with Gasteiger partial charge in [-0.3, -0.25) is 4.79 Å². The maximum absolute atomic E-state index is 11.1. The first-order chi connectivity index (χ1) is 6.41. The third kappa shape index (κ3) is 2.81. The van der Waals surface area contributed by atoms with E-state index in [0.29, 0.717) is 0 Å². The third-order valence-electron chi connectivity index (χ3n) is 1.76. The summed E-state index contributed by atoms with van der Waals surface area (Å²) in [7, 11) is -3.53. The van der Waals surface area contributed by atoms with Crippen molar-refractivity contribution in [1.82, 2.24) is 0 Å². The number of rotatable bonds is 4. The molecule has 1 rings (SSSR count). The molecule has 78 valence electrons. The molecular weight excluding hydrogens is 224 g/mol. The number of carboxylic acid groups (broad SMARTS) is 1. The van der Waals surface area contributed by atoms with E-state index in [4.69, 9.17) is 5.11 Å². The van der Waals surface area contributed by atoms with Gasteiger partial charge in [0, 0.05) is 17.6 Å². The first-order valence-corrected chi connectivity index (χ1v) is 6.68. The second-order valence-corrected chi connectivity index (χ2v) is 6.20. The summed E-state index contributed by atoms with van der Waals surface area (Å²) in [4.78, 5) is 11.5. The normalized spacial score (nSPS) is 13.8. The summed E-state index contributed by atoms with van der Waals surface area (Å²) in [5.41, 5.74) is 0. The number of sulfone groups is 1. The van der Waals surface area contributed by atoms with Gasteiger partial charge in [0.1, 0.15) is 0 Å². The molecule has 1 heterocycles. The van der Waals surface area contributed by atoms with Crippen LogP contribution < -0.4 is 0 Å². The fourth-order valence-corrected chi connectivity index (χ4v) is 2.74. The Morgan fingerprint density at radius 1 is 1.64 bits per heavy atom. The van der Waals surface area contributed by atoms with Crippen molar-refractivity contribution in [2.45, 2.75) is 11.7 Å². The fraction of sp³-hybridized carbons (Fsp3) is 0.375. The zero-order valence-electron chi connectivity index (χ0n) is 7.50. The summed E-state index contributed by atoms with van der Waals surface area (Å²) in [6.07, 6.45) is 0.991. The Labute approximate surface area is 86.1 Å².